The minimum absolute atomic E-state index is 0.0271. The molecular weight excluding hydrogens is 202 g/mol. The van der Waals surface area contributed by atoms with Gasteiger partial charge in [0.15, 0.2) is 0 Å². The summed E-state index contributed by atoms with van der Waals surface area (Å²) >= 11 is 0. The van der Waals surface area contributed by atoms with E-state index in [1.54, 1.807) is 0 Å². The van der Waals surface area contributed by atoms with Crippen LogP contribution in [0.2, 0.25) is 0 Å². The van der Waals surface area contributed by atoms with Gasteiger partial charge in [-0.15, -0.1) is 0 Å². The lowest BCUT2D eigenvalue weighted by Crippen LogP contribution is -2.35. The Labute approximate surface area is 98.1 Å². The maximum atomic E-state index is 11.6. The largest absolute Gasteiger partial charge is 0.466 e. The van der Waals surface area contributed by atoms with Crippen LogP contribution in [-0.4, -0.2) is 36.6 Å². The van der Waals surface area contributed by atoms with E-state index in [1.807, 2.05) is 13.8 Å². The van der Waals surface area contributed by atoms with Gasteiger partial charge in [-0.2, -0.15) is 0 Å². The molecule has 0 aromatic heterocycles. The van der Waals surface area contributed by atoms with Crippen molar-refractivity contribution in [2.75, 3.05) is 19.7 Å². The molecular formula is C13H23NO2. The molecule has 0 amide bonds. The number of hydrogen-bond donors (Lipinski definition) is 0. The average molecular weight is 225 g/mol. The fraction of sp³-hybridized carbons (Fsp3) is 0.923. The zero-order valence-electron chi connectivity index (χ0n) is 10.4. The fourth-order valence-corrected chi connectivity index (χ4v) is 2.16. The standard InChI is InChI=1S/C13H23NO2/c1-3-16-13(15)10(2)8-14(12-6-7-12)9-11-4-5-11/h10-12H,3-9H2,1-2H3. The molecule has 2 rings (SSSR count). The molecule has 0 spiro atoms. The van der Waals surface area contributed by atoms with Gasteiger partial charge in [0.1, 0.15) is 0 Å². The van der Waals surface area contributed by atoms with Crippen molar-refractivity contribution in [3.05, 3.63) is 0 Å². The van der Waals surface area contributed by atoms with Gasteiger partial charge < -0.3 is 4.74 Å². The van der Waals surface area contributed by atoms with Crippen LogP contribution in [0, 0.1) is 11.8 Å². The van der Waals surface area contributed by atoms with Crippen LogP contribution >= 0.6 is 0 Å². The van der Waals surface area contributed by atoms with Gasteiger partial charge in [-0.3, -0.25) is 9.69 Å². The topological polar surface area (TPSA) is 29.5 Å². The normalized spacial score (nSPS) is 22.2. The number of rotatable bonds is 7. The monoisotopic (exact) mass is 225 g/mol. The third-order valence-corrected chi connectivity index (χ3v) is 3.45. The summed E-state index contributed by atoms with van der Waals surface area (Å²) < 4.78 is 5.06. The Morgan fingerprint density at radius 2 is 2.06 bits per heavy atom. The molecule has 2 aliphatic carbocycles. The molecule has 1 atom stereocenters. The van der Waals surface area contributed by atoms with Crippen LogP contribution in [0.3, 0.4) is 0 Å². The second-order valence-corrected chi connectivity index (χ2v) is 5.28. The Bertz CT molecular complexity index is 246. The number of carbonyl (C=O) groups excluding carboxylic acids is 1. The van der Waals surface area contributed by atoms with E-state index in [-0.39, 0.29) is 11.9 Å². The van der Waals surface area contributed by atoms with Crippen LogP contribution in [0.25, 0.3) is 0 Å². The van der Waals surface area contributed by atoms with E-state index < -0.39 is 0 Å². The first kappa shape index (κ1) is 11.9. The molecule has 3 heteroatoms. The minimum atomic E-state index is -0.0380. The molecule has 0 radical (unpaired) electrons. The maximum absolute atomic E-state index is 11.6. The molecule has 0 aliphatic heterocycles. The summed E-state index contributed by atoms with van der Waals surface area (Å²) in [7, 11) is 0. The second-order valence-electron chi connectivity index (χ2n) is 5.28. The number of ether oxygens (including phenoxy) is 1. The highest BCUT2D eigenvalue weighted by Crippen LogP contribution is 2.35. The Balaban J connectivity index is 1.76. The summed E-state index contributed by atoms with van der Waals surface area (Å²) in [5.74, 6) is 0.901. The van der Waals surface area contributed by atoms with E-state index in [0.29, 0.717) is 6.61 Å². The van der Waals surface area contributed by atoms with E-state index in [9.17, 15) is 4.79 Å². The highest BCUT2D eigenvalue weighted by Gasteiger charge is 2.35. The van der Waals surface area contributed by atoms with E-state index in [0.717, 1.165) is 18.5 Å². The Kier molecular flexibility index (Phi) is 3.85. The number of carbonyl (C=O) groups is 1. The fourth-order valence-electron chi connectivity index (χ4n) is 2.16. The molecule has 0 aromatic rings. The first-order valence-corrected chi connectivity index (χ1v) is 6.61. The smallest absolute Gasteiger partial charge is 0.309 e. The van der Waals surface area contributed by atoms with E-state index in [2.05, 4.69) is 4.90 Å². The van der Waals surface area contributed by atoms with Gasteiger partial charge in [0.2, 0.25) is 0 Å². The van der Waals surface area contributed by atoms with Crippen molar-refractivity contribution in [1.29, 1.82) is 0 Å². The predicted molar refractivity (Wildman–Crippen MR) is 63.1 cm³/mol. The molecule has 16 heavy (non-hydrogen) atoms. The summed E-state index contributed by atoms with van der Waals surface area (Å²) in [5.41, 5.74) is 0. The number of nitrogens with zero attached hydrogens (tertiary/aromatic N) is 1. The molecule has 2 fully saturated rings. The molecule has 0 aromatic carbocycles. The van der Waals surface area contributed by atoms with Crippen molar-refractivity contribution >= 4 is 5.97 Å². The maximum Gasteiger partial charge on any atom is 0.309 e. The first-order valence-electron chi connectivity index (χ1n) is 6.61. The average Bonchev–Trinajstić information content (AvgIpc) is 3.10. The number of esters is 1. The van der Waals surface area contributed by atoms with Gasteiger partial charge in [0.05, 0.1) is 12.5 Å². The van der Waals surface area contributed by atoms with Crippen LogP contribution in [-0.2, 0) is 9.53 Å². The first-order chi connectivity index (χ1) is 7.70. The van der Waals surface area contributed by atoms with Gasteiger partial charge in [-0.25, -0.2) is 0 Å². The lowest BCUT2D eigenvalue weighted by atomic mass is 10.1. The van der Waals surface area contributed by atoms with Gasteiger partial charge in [0, 0.05) is 19.1 Å². The second kappa shape index (κ2) is 5.17. The van der Waals surface area contributed by atoms with Crippen LogP contribution in [0.5, 0.6) is 0 Å². The zero-order chi connectivity index (χ0) is 11.5. The van der Waals surface area contributed by atoms with Gasteiger partial charge >= 0.3 is 5.97 Å². The van der Waals surface area contributed by atoms with Gasteiger partial charge in [-0.1, -0.05) is 6.92 Å². The molecule has 2 aliphatic rings. The molecule has 0 N–H and O–H groups in total. The zero-order valence-corrected chi connectivity index (χ0v) is 10.4. The van der Waals surface area contributed by atoms with Gasteiger partial charge in [0.25, 0.3) is 0 Å². The quantitative estimate of drug-likeness (QED) is 0.621. The van der Waals surface area contributed by atoms with Crippen molar-refractivity contribution in [2.24, 2.45) is 11.8 Å². The minimum Gasteiger partial charge on any atom is -0.466 e. The van der Waals surface area contributed by atoms with Crippen LogP contribution in [0.1, 0.15) is 39.5 Å². The molecule has 1 unspecified atom stereocenters. The van der Waals surface area contributed by atoms with E-state index >= 15 is 0 Å². The van der Waals surface area contributed by atoms with Crippen LogP contribution < -0.4 is 0 Å². The molecule has 92 valence electrons. The third kappa shape index (κ3) is 3.48. The summed E-state index contributed by atoms with van der Waals surface area (Å²) in [6.45, 7) is 6.44. The summed E-state index contributed by atoms with van der Waals surface area (Å²) in [6.07, 6.45) is 5.42. The van der Waals surface area contributed by atoms with Crippen molar-refractivity contribution in [3.63, 3.8) is 0 Å². The van der Waals surface area contributed by atoms with Crippen molar-refractivity contribution in [1.82, 2.24) is 4.90 Å². The number of hydrogen-bond acceptors (Lipinski definition) is 3. The third-order valence-electron chi connectivity index (χ3n) is 3.45. The van der Waals surface area contributed by atoms with Gasteiger partial charge in [-0.05, 0) is 38.5 Å². The molecule has 0 saturated heterocycles. The highest BCUT2D eigenvalue weighted by atomic mass is 16.5. The summed E-state index contributed by atoms with van der Waals surface area (Å²) in [4.78, 5) is 14.1. The Hall–Kier alpha value is -0.570. The van der Waals surface area contributed by atoms with Crippen molar-refractivity contribution in [3.8, 4) is 0 Å². The van der Waals surface area contributed by atoms with Crippen molar-refractivity contribution in [2.45, 2.75) is 45.6 Å². The molecule has 2 saturated carbocycles. The Morgan fingerprint density at radius 1 is 1.38 bits per heavy atom. The molecule has 0 bridgehead atoms. The lowest BCUT2D eigenvalue weighted by Gasteiger charge is -2.24. The predicted octanol–water partition coefficient (Wildman–Crippen LogP) is 2.06. The van der Waals surface area contributed by atoms with Crippen molar-refractivity contribution < 1.29 is 9.53 Å². The molecule has 3 nitrogen and oxygen atoms in total. The van der Waals surface area contributed by atoms with E-state index in [4.69, 9.17) is 4.74 Å². The van der Waals surface area contributed by atoms with E-state index in [1.165, 1.54) is 32.2 Å². The summed E-state index contributed by atoms with van der Waals surface area (Å²) in [6, 6.07) is 0.762. The van der Waals surface area contributed by atoms with Crippen LogP contribution in [0.4, 0.5) is 0 Å². The SMILES string of the molecule is CCOC(=O)C(C)CN(CC1CC1)C1CC1. The lowest BCUT2D eigenvalue weighted by molar-refractivity contribution is -0.148. The molecule has 0 heterocycles. The Morgan fingerprint density at radius 3 is 2.56 bits per heavy atom. The summed E-state index contributed by atoms with van der Waals surface area (Å²) in [5, 5.41) is 0. The van der Waals surface area contributed by atoms with Crippen LogP contribution in [0.15, 0.2) is 0 Å². The highest BCUT2D eigenvalue weighted by molar-refractivity contribution is 5.72.